The average molecular weight is 492 g/mol. The van der Waals surface area contributed by atoms with Crippen LogP contribution < -0.4 is 9.62 Å². The molecule has 0 aliphatic carbocycles. The Hall–Kier alpha value is -2.94. The highest BCUT2D eigenvalue weighted by Crippen LogP contribution is 2.24. The number of aryl methyl sites for hydroxylation is 2. The lowest BCUT2D eigenvalue weighted by atomic mass is 10.1. The smallest absolute Gasteiger partial charge is 0.244 e. The molecule has 0 saturated carbocycles. The fourth-order valence-electron chi connectivity index (χ4n) is 3.44. The van der Waals surface area contributed by atoms with E-state index in [2.05, 4.69) is 5.32 Å². The molecule has 0 aliphatic rings. The van der Waals surface area contributed by atoms with Gasteiger partial charge in [-0.1, -0.05) is 37.3 Å². The van der Waals surface area contributed by atoms with Gasteiger partial charge in [0, 0.05) is 18.2 Å². The Kier molecular flexibility index (Phi) is 9.21. The van der Waals surface area contributed by atoms with Crippen molar-refractivity contribution in [3.63, 3.8) is 0 Å². The van der Waals surface area contributed by atoms with Crippen LogP contribution in [0, 0.1) is 19.7 Å². The van der Waals surface area contributed by atoms with Crippen molar-refractivity contribution in [1.29, 1.82) is 0 Å². The van der Waals surface area contributed by atoms with Gasteiger partial charge in [-0.3, -0.25) is 13.9 Å². The van der Waals surface area contributed by atoms with Crippen molar-refractivity contribution in [3.05, 3.63) is 65.0 Å². The fraction of sp³-hybridized carbons (Fsp3) is 0.440. The second-order valence-corrected chi connectivity index (χ2v) is 10.6. The first-order valence-electron chi connectivity index (χ1n) is 11.2. The van der Waals surface area contributed by atoms with E-state index in [1.165, 1.54) is 23.1 Å². The van der Waals surface area contributed by atoms with E-state index in [1.54, 1.807) is 32.0 Å². The van der Waals surface area contributed by atoms with E-state index < -0.39 is 40.2 Å². The molecule has 2 aromatic rings. The molecule has 0 unspecified atom stereocenters. The molecule has 34 heavy (non-hydrogen) atoms. The van der Waals surface area contributed by atoms with Crippen molar-refractivity contribution in [2.75, 3.05) is 17.1 Å². The van der Waals surface area contributed by atoms with Crippen molar-refractivity contribution < 1.29 is 22.4 Å². The van der Waals surface area contributed by atoms with Gasteiger partial charge in [-0.05, 0) is 57.4 Å². The minimum Gasteiger partial charge on any atom is -0.352 e. The predicted molar refractivity (Wildman–Crippen MR) is 132 cm³/mol. The summed E-state index contributed by atoms with van der Waals surface area (Å²) >= 11 is 0. The van der Waals surface area contributed by atoms with Gasteiger partial charge in [0.1, 0.15) is 18.4 Å². The van der Waals surface area contributed by atoms with Crippen molar-refractivity contribution >= 4 is 27.5 Å². The van der Waals surface area contributed by atoms with Gasteiger partial charge in [0.25, 0.3) is 0 Å². The van der Waals surface area contributed by atoms with Gasteiger partial charge in [0.15, 0.2) is 0 Å². The molecule has 2 amide bonds. The molecule has 7 nitrogen and oxygen atoms in total. The highest BCUT2D eigenvalue weighted by atomic mass is 32.2. The first kappa shape index (κ1) is 27.3. The summed E-state index contributed by atoms with van der Waals surface area (Å²) in [7, 11) is -3.82. The van der Waals surface area contributed by atoms with E-state index in [-0.39, 0.29) is 18.2 Å². The monoisotopic (exact) mass is 491 g/mol. The molecule has 0 aliphatic heterocycles. The van der Waals surface area contributed by atoms with Gasteiger partial charge in [0.2, 0.25) is 21.8 Å². The van der Waals surface area contributed by atoms with E-state index in [0.29, 0.717) is 17.7 Å². The quantitative estimate of drug-likeness (QED) is 0.551. The first-order chi connectivity index (χ1) is 15.8. The van der Waals surface area contributed by atoms with Crippen LogP contribution in [0.1, 0.15) is 43.9 Å². The third-order valence-electron chi connectivity index (χ3n) is 5.78. The number of nitrogens with zero attached hydrogens (tertiary/aromatic N) is 2. The van der Waals surface area contributed by atoms with Crippen LogP contribution >= 0.6 is 0 Å². The Balaban J connectivity index is 2.45. The zero-order valence-corrected chi connectivity index (χ0v) is 21.4. The second kappa shape index (κ2) is 11.5. The minimum atomic E-state index is -3.82. The molecule has 0 spiro atoms. The average Bonchev–Trinajstić information content (AvgIpc) is 2.77. The summed E-state index contributed by atoms with van der Waals surface area (Å²) in [5.74, 6) is -1.51. The number of hydrogen-bond acceptors (Lipinski definition) is 4. The predicted octanol–water partition coefficient (Wildman–Crippen LogP) is 3.54. The molecule has 186 valence electrons. The number of anilines is 1. The largest absolute Gasteiger partial charge is 0.352 e. The fourth-order valence-corrected chi connectivity index (χ4v) is 4.34. The number of carbonyl (C=O) groups excluding carboxylic acids is 2. The van der Waals surface area contributed by atoms with Gasteiger partial charge >= 0.3 is 0 Å². The number of sulfonamides is 1. The number of rotatable bonds is 10. The number of carbonyl (C=O) groups is 2. The topological polar surface area (TPSA) is 86.8 Å². The maximum Gasteiger partial charge on any atom is 0.244 e. The van der Waals surface area contributed by atoms with Crippen LogP contribution in [0.15, 0.2) is 42.5 Å². The molecule has 0 heterocycles. The Morgan fingerprint density at radius 1 is 1.09 bits per heavy atom. The highest BCUT2D eigenvalue weighted by molar-refractivity contribution is 7.92. The summed E-state index contributed by atoms with van der Waals surface area (Å²) < 4.78 is 40.8. The molecule has 0 saturated heterocycles. The normalized spacial score (nSPS) is 13.1. The summed E-state index contributed by atoms with van der Waals surface area (Å²) in [5, 5.41) is 2.84. The third-order valence-corrected chi connectivity index (χ3v) is 6.91. The Morgan fingerprint density at radius 2 is 1.74 bits per heavy atom. The first-order valence-corrected chi connectivity index (χ1v) is 13.1. The summed E-state index contributed by atoms with van der Waals surface area (Å²) in [5.41, 5.74) is 2.15. The zero-order valence-electron chi connectivity index (χ0n) is 20.6. The van der Waals surface area contributed by atoms with Crippen LogP contribution in [0.5, 0.6) is 0 Å². The number of nitrogens with one attached hydrogen (secondary N) is 1. The number of benzene rings is 2. The number of amides is 2. The molecule has 0 bridgehead atoms. The van der Waals surface area contributed by atoms with Gasteiger partial charge in [0.05, 0.1) is 11.9 Å². The van der Waals surface area contributed by atoms with Crippen molar-refractivity contribution in [3.8, 4) is 0 Å². The highest BCUT2D eigenvalue weighted by Gasteiger charge is 2.31. The van der Waals surface area contributed by atoms with E-state index in [4.69, 9.17) is 0 Å². The van der Waals surface area contributed by atoms with E-state index in [0.717, 1.165) is 16.1 Å². The molecular formula is C25H34FN3O4S. The molecule has 9 heteroatoms. The molecule has 1 N–H and O–H groups in total. The SMILES string of the molecule is CC[C@@H](C)NC(=O)[C@@H](C)N(Cc1ccccc1F)C(=O)CN(c1cc(C)ccc1C)S(C)(=O)=O. The summed E-state index contributed by atoms with van der Waals surface area (Å²) in [6, 6.07) is 10.3. The summed E-state index contributed by atoms with van der Waals surface area (Å²) in [4.78, 5) is 27.6. The van der Waals surface area contributed by atoms with Crippen LogP contribution in [0.2, 0.25) is 0 Å². The van der Waals surface area contributed by atoms with Crippen LogP contribution in [0.25, 0.3) is 0 Å². The minimum absolute atomic E-state index is 0.108. The summed E-state index contributed by atoms with van der Waals surface area (Å²) in [6.45, 7) is 8.22. The molecule has 2 aromatic carbocycles. The zero-order chi connectivity index (χ0) is 25.6. The van der Waals surface area contributed by atoms with E-state index >= 15 is 0 Å². The maximum atomic E-state index is 14.4. The van der Waals surface area contributed by atoms with Crippen molar-refractivity contribution in [2.24, 2.45) is 0 Å². The lowest BCUT2D eigenvalue weighted by Gasteiger charge is -2.32. The Morgan fingerprint density at radius 3 is 2.32 bits per heavy atom. The van der Waals surface area contributed by atoms with Gasteiger partial charge in [-0.2, -0.15) is 0 Å². The van der Waals surface area contributed by atoms with Crippen LogP contribution in [0.4, 0.5) is 10.1 Å². The third kappa shape index (κ3) is 7.03. The Bertz CT molecular complexity index is 1140. The Labute approximate surface area is 202 Å². The lowest BCUT2D eigenvalue weighted by Crippen LogP contribution is -2.52. The molecular weight excluding hydrogens is 457 g/mol. The van der Waals surface area contributed by atoms with E-state index in [9.17, 15) is 22.4 Å². The number of halogens is 1. The molecule has 0 fully saturated rings. The van der Waals surface area contributed by atoms with Crippen LogP contribution in [-0.4, -0.2) is 50.0 Å². The molecule has 2 atom stereocenters. The van der Waals surface area contributed by atoms with Crippen LogP contribution in [-0.2, 0) is 26.2 Å². The van der Waals surface area contributed by atoms with Crippen molar-refractivity contribution in [1.82, 2.24) is 10.2 Å². The number of hydrogen-bond donors (Lipinski definition) is 1. The van der Waals surface area contributed by atoms with Crippen LogP contribution in [0.3, 0.4) is 0 Å². The standard InChI is InChI=1S/C25H34FN3O4S/c1-7-19(4)27-25(31)20(5)28(15-21-10-8-9-11-22(21)26)24(30)16-29(34(6,32)33)23-14-17(2)12-13-18(23)3/h8-14,19-20H,7,15-16H2,1-6H3,(H,27,31)/t19-,20-/m1/s1. The lowest BCUT2D eigenvalue weighted by molar-refractivity contribution is -0.139. The van der Waals surface area contributed by atoms with E-state index in [1.807, 2.05) is 26.8 Å². The van der Waals surface area contributed by atoms with Gasteiger partial charge in [-0.15, -0.1) is 0 Å². The maximum absolute atomic E-state index is 14.4. The van der Waals surface area contributed by atoms with Gasteiger partial charge < -0.3 is 10.2 Å². The van der Waals surface area contributed by atoms with Crippen molar-refractivity contribution in [2.45, 2.75) is 59.7 Å². The molecule has 0 radical (unpaired) electrons. The molecule has 0 aromatic heterocycles. The molecule has 2 rings (SSSR count). The second-order valence-electron chi connectivity index (χ2n) is 8.67. The van der Waals surface area contributed by atoms with Gasteiger partial charge in [-0.25, -0.2) is 12.8 Å². The summed E-state index contributed by atoms with van der Waals surface area (Å²) in [6.07, 6.45) is 1.73.